The molecule has 2 unspecified atom stereocenters. The molecule has 2 aliphatic heterocycles. The molecule has 1 aliphatic carbocycles. The van der Waals surface area contributed by atoms with Gasteiger partial charge in [-0.15, -0.1) is 0 Å². The maximum absolute atomic E-state index is 13.4. The second-order valence-corrected chi connectivity index (χ2v) is 12.8. The van der Waals surface area contributed by atoms with Crippen LogP contribution < -0.4 is 16.4 Å². The highest BCUT2D eigenvalue weighted by Gasteiger charge is 2.41. The summed E-state index contributed by atoms with van der Waals surface area (Å²) >= 11 is 0. The Hall–Kier alpha value is -4.65. The van der Waals surface area contributed by atoms with Gasteiger partial charge in [0.1, 0.15) is 23.4 Å². The first kappa shape index (κ1) is 30.0. The van der Waals surface area contributed by atoms with Crippen LogP contribution in [0.4, 0.5) is 17.8 Å². The topological polar surface area (TPSA) is 173 Å². The Bertz CT molecular complexity index is 1730. The first-order valence-electron chi connectivity index (χ1n) is 16.2. The minimum atomic E-state index is -0.0308. The predicted octanol–water partition coefficient (Wildman–Crippen LogP) is 3.24. The molecule has 0 bridgehead atoms. The molecule has 240 valence electrons. The number of oxazole rings is 1. The van der Waals surface area contributed by atoms with Crippen molar-refractivity contribution in [3.05, 3.63) is 59.3 Å². The van der Waals surface area contributed by atoms with Crippen molar-refractivity contribution in [2.24, 2.45) is 5.92 Å². The van der Waals surface area contributed by atoms with Crippen molar-refractivity contribution < 1.29 is 14.0 Å². The lowest BCUT2D eigenvalue weighted by molar-refractivity contribution is -0.117. The number of piperidine rings is 1. The number of Topliss-reactive ketones (excluding diaryl/α,β-unsaturated/α-hetero) is 1. The zero-order chi connectivity index (χ0) is 31.8. The van der Waals surface area contributed by atoms with E-state index in [2.05, 4.69) is 29.7 Å². The molecule has 4 aromatic rings. The van der Waals surface area contributed by atoms with Crippen molar-refractivity contribution in [1.82, 2.24) is 34.7 Å². The lowest BCUT2D eigenvalue weighted by Gasteiger charge is -2.35. The monoisotopic (exact) mass is 624 g/mol. The summed E-state index contributed by atoms with van der Waals surface area (Å²) in [5, 5.41) is 0. The highest BCUT2D eigenvalue weighted by atomic mass is 16.4. The van der Waals surface area contributed by atoms with Gasteiger partial charge in [-0.25, -0.2) is 19.9 Å². The molecule has 1 aromatic carbocycles. The summed E-state index contributed by atoms with van der Waals surface area (Å²) < 4.78 is 5.48. The summed E-state index contributed by atoms with van der Waals surface area (Å²) in [7, 11) is 0. The van der Waals surface area contributed by atoms with Crippen molar-refractivity contribution in [3.63, 3.8) is 0 Å². The number of nitrogens with two attached hydrogens (primary N) is 2. The lowest BCUT2D eigenvalue weighted by atomic mass is 9.81. The Balaban J connectivity index is 0.964. The van der Waals surface area contributed by atoms with Gasteiger partial charge in [-0.1, -0.05) is 6.07 Å². The van der Waals surface area contributed by atoms with Crippen LogP contribution in [0.15, 0.2) is 41.3 Å². The van der Waals surface area contributed by atoms with Crippen LogP contribution in [0.25, 0.3) is 11.1 Å². The summed E-state index contributed by atoms with van der Waals surface area (Å²) in [6.45, 7) is 7.38. The number of fused-ring (bicyclic) bond motifs is 2. The average molecular weight is 625 g/mol. The van der Waals surface area contributed by atoms with Crippen LogP contribution in [-0.2, 0) is 4.79 Å². The molecular formula is C33H40N10O3. The number of benzene rings is 1. The van der Waals surface area contributed by atoms with Gasteiger partial charge in [-0.3, -0.25) is 9.69 Å². The van der Waals surface area contributed by atoms with Gasteiger partial charge < -0.3 is 30.5 Å². The van der Waals surface area contributed by atoms with Gasteiger partial charge in [0.15, 0.2) is 5.58 Å². The summed E-state index contributed by atoms with van der Waals surface area (Å²) in [5.41, 5.74) is 17.2. The molecule has 2 fully saturated rings. The maximum atomic E-state index is 13.4. The maximum Gasteiger partial charge on any atom is 0.292 e. The van der Waals surface area contributed by atoms with Gasteiger partial charge in [0.25, 0.3) is 11.9 Å². The standard InChI is InChI=1S/C33H40N10O3/c1-20(44)3-2-8-41-11-13-43(14-12-41)33-36-17-23(18-37-33)31(45)42-9-6-21(7-10-42)25-16-24(28-29(25)38-19-39-30(28)34)22-4-5-27-26(15-22)40-32(35)46-27/h4-5,15,17-19,21,24-25H,2-3,6-14,16H2,1H3,(H2,35,40)(H2,34,38,39). The van der Waals surface area contributed by atoms with Gasteiger partial charge in [-0.2, -0.15) is 4.98 Å². The van der Waals surface area contributed by atoms with Crippen LogP contribution in [0.3, 0.4) is 0 Å². The lowest BCUT2D eigenvalue weighted by Crippen LogP contribution is -2.47. The number of amides is 1. The second-order valence-electron chi connectivity index (χ2n) is 12.8. The van der Waals surface area contributed by atoms with Crippen LogP contribution in [0.1, 0.15) is 78.0 Å². The van der Waals surface area contributed by atoms with Crippen molar-refractivity contribution in [3.8, 4) is 0 Å². The Morgan fingerprint density at radius 3 is 2.48 bits per heavy atom. The van der Waals surface area contributed by atoms with E-state index in [1.165, 1.54) is 0 Å². The van der Waals surface area contributed by atoms with Gasteiger partial charge in [-0.05, 0) is 62.8 Å². The number of piperazine rings is 1. The third-order valence-corrected chi connectivity index (χ3v) is 9.90. The molecule has 2 atom stereocenters. The number of aromatic nitrogens is 5. The van der Waals surface area contributed by atoms with Gasteiger partial charge in [0.05, 0.1) is 11.3 Å². The number of nitrogens with zero attached hydrogens (tertiary/aromatic N) is 8. The molecular weight excluding hydrogens is 584 g/mol. The van der Waals surface area contributed by atoms with E-state index in [1.807, 2.05) is 23.1 Å². The van der Waals surface area contributed by atoms with Crippen LogP contribution in [-0.4, -0.2) is 92.2 Å². The molecule has 4 N–H and O–H groups in total. The largest absolute Gasteiger partial charge is 0.424 e. The van der Waals surface area contributed by atoms with Gasteiger partial charge in [0.2, 0.25) is 5.95 Å². The number of hydrogen-bond donors (Lipinski definition) is 2. The Morgan fingerprint density at radius 1 is 0.978 bits per heavy atom. The van der Waals surface area contributed by atoms with Crippen molar-refractivity contribution in [2.75, 3.05) is 62.2 Å². The van der Waals surface area contributed by atoms with Crippen molar-refractivity contribution >= 4 is 40.6 Å². The van der Waals surface area contributed by atoms with E-state index in [1.54, 1.807) is 25.6 Å². The molecule has 3 aliphatic rings. The summed E-state index contributed by atoms with van der Waals surface area (Å²) in [4.78, 5) is 53.6. The highest BCUT2D eigenvalue weighted by molar-refractivity contribution is 5.93. The van der Waals surface area contributed by atoms with E-state index >= 15 is 0 Å². The number of hydrogen-bond acceptors (Lipinski definition) is 12. The molecule has 3 aromatic heterocycles. The predicted molar refractivity (Wildman–Crippen MR) is 173 cm³/mol. The molecule has 13 heteroatoms. The summed E-state index contributed by atoms with van der Waals surface area (Å²) in [6, 6.07) is 6.12. The van der Waals surface area contributed by atoms with E-state index in [9.17, 15) is 9.59 Å². The highest BCUT2D eigenvalue weighted by Crippen LogP contribution is 2.51. The zero-order valence-electron chi connectivity index (χ0n) is 26.1. The molecule has 0 radical (unpaired) electrons. The molecule has 0 saturated carbocycles. The minimum absolute atomic E-state index is 0.0308. The first-order valence-corrected chi connectivity index (χ1v) is 16.2. The molecule has 13 nitrogen and oxygen atoms in total. The average Bonchev–Trinajstić information content (AvgIpc) is 3.65. The molecule has 0 spiro atoms. The summed E-state index contributed by atoms with van der Waals surface area (Å²) in [5.74, 6) is 2.02. The van der Waals surface area contributed by atoms with E-state index in [0.717, 1.165) is 80.7 Å². The Labute approximate surface area is 267 Å². The van der Waals surface area contributed by atoms with E-state index in [4.69, 9.17) is 20.9 Å². The van der Waals surface area contributed by atoms with Crippen LogP contribution in [0.2, 0.25) is 0 Å². The Morgan fingerprint density at radius 2 is 1.74 bits per heavy atom. The first-order chi connectivity index (χ1) is 22.3. The minimum Gasteiger partial charge on any atom is -0.424 e. The Kier molecular flexibility index (Phi) is 8.24. The fourth-order valence-electron chi connectivity index (χ4n) is 7.46. The summed E-state index contributed by atoms with van der Waals surface area (Å²) in [6.07, 6.45) is 9.03. The van der Waals surface area contributed by atoms with Gasteiger partial charge in [0, 0.05) is 75.5 Å². The van der Waals surface area contributed by atoms with E-state index in [-0.39, 0.29) is 29.5 Å². The molecule has 5 heterocycles. The smallest absolute Gasteiger partial charge is 0.292 e. The SMILES string of the molecule is CC(=O)CCCN1CCN(c2ncc(C(=O)N3CCC(C4CC(c5ccc6oc(N)nc6c5)c5c(N)ncnc54)CC3)cn2)CC1. The molecule has 2 saturated heterocycles. The van der Waals surface area contributed by atoms with Crippen molar-refractivity contribution in [2.45, 2.75) is 50.9 Å². The molecule has 7 rings (SSSR count). The second kappa shape index (κ2) is 12.6. The number of rotatable bonds is 8. The fourth-order valence-corrected chi connectivity index (χ4v) is 7.46. The quantitative estimate of drug-likeness (QED) is 0.293. The molecule has 1 amide bonds. The molecule has 46 heavy (non-hydrogen) atoms. The number of ketones is 1. The number of anilines is 3. The number of carbonyl (C=O) groups is 2. The third-order valence-electron chi connectivity index (χ3n) is 9.90. The number of carbonyl (C=O) groups excluding carboxylic acids is 2. The zero-order valence-corrected chi connectivity index (χ0v) is 26.1. The van der Waals surface area contributed by atoms with Crippen LogP contribution in [0.5, 0.6) is 0 Å². The van der Waals surface area contributed by atoms with Gasteiger partial charge >= 0.3 is 0 Å². The van der Waals surface area contributed by atoms with E-state index in [0.29, 0.717) is 48.3 Å². The van der Waals surface area contributed by atoms with Crippen molar-refractivity contribution in [1.29, 1.82) is 0 Å². The fraction of sp³-hybridized carbons (Fsp3) is 0.485. The number of nitrogen functional groups attached to an aromatic ring is 2. The van der Waals surface area contributed by atoms with E-state index < -0.39 is 0 Å². The van der Waals surface area contributed by atoms with Crippen LogP contribution >= 0.6 is 0 Å². The normalized spacial score (nSPS) is 20.7. The van der Waals surface area contributed by atoms with Crippen LogP contribution in [0, 0.1) is 5.92 Å². The third kappa shape index (κ3) is 5.98. The number of likely N-dealkylation sites (tertiary alicyclic amines) is 1.